The molecule has 4 aromatic rings. The summed E-state index contributed by atoms with van der Waals surface area (Å²) in [7, 11) is 2.14. The Morgan fingerprint density at radius 3 is 2.91 bits per heavy atom. The van der Waals surface area contributed by atoms with Gasteiger partial charge in [0.2, 0.25) is 11.9 Å². The predicted octanol–water partition coefficient (Wildman–Crippen LogP) is 2.85. The highest BCUT2D eigenvalue weighted by Crippen LogP contribution is 2.29. The van der Waals surface area contributed by atoms with Crippen molar-refractivity contribution in [2.45, 2.75) is 18.9 Å². The number of primary amides is 1. The fourth-order valence-corrected chi connectivity index (χ4v) is 3.93. The second-order valence-electron chi connectivity index (χ2n) is 8.29. The van der Waals surface area contributed by atoms with Crippen LogP contribution in [0.3, 0.4) is 0 Å². The van der Waals surface area contributed by atoms with Gasteiger partial charge < -0.3 is 25.7 Å². The van der Waals surface area contributed by atoms with E-state index >= 15 is 0 Å². The van der Waals surface area contributed by atoms with Gasteiger partial charge >= 0.3 is 0 Å². The predicted molar refractivity (Wildman–Crippen MR) is 128 cm³/mol. The van der Waals surface area contributed by atoms with E-state index in [1.54, 1.807) is 30.5 Å². The molecule has 1 amide bonds. The van der Waals surface area contributed by atoms with Gasteiger partial charge in [-0.15, -0.1) is 0 Å². The molecular formula is C23H25N9O2. The van der Waals surface area contributed by atoms with Gasteiger partial charge in [-0.05, 0) is 50.7 Å². The zero-order valence-corrected chi connectivity index (χ0v) is 18.7. The average Bonchev–Trinajstić information content (AvgIpc) is 3.49. The van der Waals surface area contributed by atoms with Crippen LogP contribution in [0.2, 0.25) is 0 Å². The molecular weight excluding hydrogens is 434 g/mol. The van der Waals surface area contributed by atoms with E-state index in [-0.39, 0.29) is 11.5 Å². The van der Waals surface area contributed by atoms with Crippen LogP contribution in [0, 0.1) is 0 Å². The van der Waals surface area contributed by atoms with Crippen molar-refractivity contribution in [1.82, 2.24) is 34.6 Å². The van der Waals surface area contributed by atoms with E-state index in [1.165, 1.54) is 6.33 Å². The lowest BCUT2D eigenvalue weighted by molar-refractivity contribution is -0.112. The Labute approximate surface area is 195 Å². The number of benzene rings is 1. The number of rotatable bonds is 7. The number of likely N-dealkylation sites (tertiary alicyclic amines) is 1. The molecule has 4 heterocycles. The second kappa shape index (κ2) is 8.94. The van der Waals surface area contributed by atoms with Crippen molar-refractivity contribution < 1.29 is 9.53 Å². The number of amides is 1. The van der Waals surface area contributed by atoms with Crippen LogP contribution >= 0.6 is 0 Å². The number of fused-ring (bicyclic) bond motifs is 1. The highest BCUT2D eigenvalue weighted by molar-refractivity contribution is 6.17. The first kappa shape index (κ1) is 21.6. The van der Waals surface area contributed by atoms with Gasteiger partial charge in [0.05, 0.1) is 24.3 Å². The maximum absolute atomic E-state index is 11.5. The number of hydrogen-bond donors (Lipinski definition) is 3. The van der Waals surface area contributed by atoms with Gasteiger partial charge in [0, 0.05) is 11.8 Å². The third kappa shape index (κ3) is 4.46. The van der Waals surface area contributed by atoms with E-state index < -0.39 is 5.91 Å². The van der Waals surface area contributed by atoms with Gasteiger partial charge in [-0.3, -0.25) is 9.48 Å². The van der Waals surface area contributed by atoms with Crippen molar-refractivity contribution in [2.75, 3.05) is 25.5 Å². The lowest BCUT2D eigenvalue weighted by Crippen LogP contribution is -2.31. The fourth-order valence-electron chi connectivity index (χ4n) is 3.93. The molecule has 0 aliphatic carbocycles. The highest BCUT2D eigenvalue weighted by atomic mass is 16.5. The topological polar surface area (TPSA) is 140 Å². The minimum atomic E-state index is -0.595. The first-order valence-electron chi connectivity index (χ1n) is 10.9. The number of carbonyl (C=O) groups is 1. The minimum absolute atomic E-state index is 0.198. The number of ether oxygens (including phenoxy) is 1. The zero-order valence-electron chi connectivity index (χ0n) is 18.7. The molecule has 11 heteroatoms. The van der Waals surface area contributed by atoms with Crippen LogP contribution in [0.1, 0.15) is 24.4 Å². The molecule has 1 aliphatic rings. The van der Waals surface area contributed by atoms with Gasteiger partial charge in [0.1, 0.15) is 11.3 Å². The molecule has 1 aliphatic heterocycles. The van der Waals surface area contributed by atoms with Gasteiger partial charge in [-0.2, -0.15) is 15.1 Å². The van der Waals surface area contributed by atoms with Crippen LogP contribution in [0.5, 0.6) is 11.6 Å². The van der Waals surface area contributed by atoms with Crippen LogP contribution in [0.25, 0.3) is 16.7 Å². The molecule has 0 atom stereocenters. The number of H-pyrrole nitrogens is 1. The molecule has 1 aromatic carbocycles. The van der Waals surface area contributed by atoms with Crippen LogP contribution < -0.4 is 15.8 Å². The van der Waals surface area contributed by atoms with Gasteiger partial charge in [0.25, 0.3) is 5.88 Å². The summed E-state index contributed by atoms with van der Waals surface area (Å²) >= 11 is 0. The number of hydrogen-bond acceptors (Lipinski definition) is 8. The molecule has 11 nitrogen and oxygen atoms in total. The first-order valence-corrected chi connectivity index (χ1v) is 10.9. The van der Waals surface area contributed by atoms with Crippen LogP contribution in [-0.2, 0) is 4.79 Å². The van der Waals surface area contributed by atoms with Crippen molar-refractivity contribution in [1.29, 1.82) is 0 Å². The summed E-state index contributed by atoms with van der Waals surface area (Å²) in [6, 6.07) is 7.29. The van der Waals surface area contributed by atoms with Gasteiger partial charge in [0.15, 0.2) is 5.65 Å². The van der Waals surface area contributed by atoms with Crippen LogP contribution in [0.4, 0.5) is 11.6 Å². The molecule has 0 bridgehead atoms. The van der Waals surface area contributed by atoms with Gasteiger partial charge in [-0.25, -0.2) is 4.98 Å². The van der Waals surface area contributed by atoms with E-state index in [0.717, 1.165) is 31.6 Å². The Kier molecular flexibility index (Phi) is 5.68. The number of aromatic amines is 1. The third-order valence-corrected chi connectivity index (χ3v) is 5.87. The molecule has 174 valence electrons. The fraction of sp³-hybridized carbons (Fsp3) is 0.261. The summed E-state index contributed by atoms with van der Waals surface area (Å²) in [4.78, 5) is 30.1. The molecule has 4 N–H and O–H groups in total. The van der Waals surface area contributed by atoms with E-state index in [4.69, 9.17) is 10.5 Å². The molecule has 0 unspecified atom stereocenters. The van der Waals surface area contributed by atoms with Crippen LogP contribution in [-0.4, -0.2) is 60.7 Å². The molecule has 5 rings (SSSR count). The van der Waals surface area contributed by atoms with Crippen molar-refractivity contribution >= 4 is 34.3 Å². The summed E-state index contributed by atoms with van der Waals surface area (Å²) in [5.74, 6) is 0.489. The largest absolute Gasteiger partial charge is 0.437 e. The third-order valence-electron chi connectivity index (χ3n) is 5.87. The molecule has 34 heavy (non-hydrogen) atoms. The number of anilines is 2. The van der Waals surface area contributed by atoms with Crippen molar-refractivity contribution in [3.05, 3.63) is 55.1 Å². The van der Waals surface area contributed by atoms with Crippen molar-refractivity contribution in [3.8, 4) is 11.6 Å². The smallest absolute Gasteiger partial charge is 0.250 e. The first-order chi connectivity index (χ1) is 16.5. The minimum Gasteiger partial charge on any atom is -0.437 e. The van der Waals surface area contributed by atoms with E-state index in [2.05, 4.69) is 48.9 Å². The molecule has 1 saturated heterocycles. The summed E-state index contributed by atoms with van der Waals surface area (Å²) in [6.45, 7) is 5.84. The number of carbonyl (C=O) groups excluding carboxylic acids is 1. The summed E-state index contributed by atoms with van der Waals surface area (Å²) in [5.41, 5.74) is 7.89. The summed E-state index contributed by atoms with van der Waals surface area (Å²) < 4.78 is 8.03. The van der Waals surface area contributed by atoms with Gasteiger partial charge in [-0.1, -0.05) is 18.7 Å². The molecule has 0 saturated carbocycles. The number of nitrogens with two attached hydrogens (primary N) is 1. The second-order valence-corrected chi connectivity index (χ2v) is 8.29. The van der Waals surface area contributed by atoms with Crippen LogP contribution in [0.15, 0.2) is 49.6 Å². The summed E-state index contributed by atoms with van der Waals surface area (Å²) in [6.07, 6.45) is 7.38. The normalized spacial score (nSPS) is 14.9. The highest BCUT2D eigenvalue weighted by Gasteiger charge is 2.19. The Morgan fingerprint density at radius 1 is 1.29 bits per heavy atom. The number of aromatic nitrogens is 6. The average molecular weight is 460 g/mol. The Bertz CT molecular complexity index is 1350. The van der Waals surface area contributed by atoms with Crippen molar-refractivity contribution in [3.63, 3.8) is 0 Å². The lowest BCUT2D eigenvalue weighted by Gasteiger charge is -2.28. The molecule has 0 radical (unpaired) electrons. The van der Waals surface area contributed by atoms with E-state index in [0.29, 0.717) is 34.5 Å². The number of piperidine rings is 1. The Hall–Kier alpha value is -4.25. The lowest BCUT2D eigenvalue weighted by atomic mass is 10.1. The Balaban J connectivity index is 1.38. The number of nitrogens with zero attached hydrogens (tertiary/aromatic N) is 6. The molecule has 3 aromatic heterocycles. The maximum Gasteiger partial charge on any atom is 0.250 e. The van der Waals surface area contributed by atoms with Crippen molar-refractivity contribution in [2.24, 2.45) is 5.73 Å². The molecule has 0 spiro atoms. The number of imidazole rings is 1. The Morgan fingerprint density at radius 2 is 2.12 bits per heavy atom. The monoisotopic (exact) mass is 459 g/mol. The standard InChI is InChI=1S/C23H25N9O2/c1-14(20(24)33)15-4-3-5-18(10-15)34-22-19-21(26-13-25-19)29-23(30-22)28-16-11-27-32(12-16)17-6-8-31(2)9-7-17/h3-5,10-13,17H,1,6-9H2,2H3,(H2,24,33)(H2,25,26,28,29,30). The SMILES string of the molecule is C=C(C(N)=O)c1cccc(Oc2nc(Nc3cnn(C4CCN(C)CC4)c3)nc3nc[nH]c23)c1. The van der Waals surface area contributed by atoms with E-state index in [1.807, 2.05) is 10.9 Å². The number of nitrogens with one attached hydrogen (secondary N) is 2. The van der Waals surface area contributed by atoms with E-state index in [9.17, 15) is 4.79 Å². The summed E-state index contributed by atoms with van der Waals surface area (Å²) in [5, 5.41) is 7.72. The molecule has 1 fully saturated rings. The quantitative estimate of drug-likeness (QED) is 0.359. The maximum atomic E-state index is 11.5. The zero-order chi connectivity index (χ0) is 23.7.